The molecule has 6 aromatic carbocycles. The molecule has 1 unspecified atom stereocenters. The zero-order valence-corrected chi connectivity index (χ0v) is 27.2. The second kappa shape index (κ2) is 11.7. The molecule has 0 saturated heterocycles. The van der Waals surface area contributed by atoms with E-state index in [2.05, 4.69) is 179 Å². The first-order valence-electron chi connectivity index (χ1n) is 16.3. The molecule has 7 rings (SSSR count). The monoisotopic (exact) mass is 595 g/mol. The van der Waals surface area contributed by atoms with E-state index in [0.29, 0.717) is 0 Å². The normalized spacial score (nSPS) is 14.2. The minimum absolute atomic E-state index is 0.0268. The molecule has 0 heterocycles. The first-order valence-corrected chi connectivity index (χ1v) is 16.3. The van der Waals surface area contributed by atoms with Gasteiger partial charge in [-0.25, -0.2) is 0 Å². The summed E-state index contributed by atoms with van der Waals surface area (Å²) in [6.45, 7) is 9.19. The summed E-state index contributed by atoms with van der Waals surface area (Å²) in [5.74, 6) is 0.144. The predicted molar refractivity (Wildman–Crippen MR) is 196 cm³/mol. The van der Waals surface area contributed by atoms with E-state index in [4.69, 9.17) is 5.73 Å². The second-order valence-electron chi connectivity index (χ2n) is 13.6. The van der Waals surface area contributed by atoms with Crippen LogP contribution in [0, 0.1) is 0 Å². The summed E-state index contributed by atoms with van der Waals surface area (Å²) in [5.41, 5.74) is 21.2. The van der Waals surface area contributed by atoms with Crippen LogP contribution in [0.2, 0.25) is 0 Å². The van der Waals surface area contributed by atoms with Crippen LogP contribution in [0.5, 0.6) is 0 Å². The van der Waals surface area contributed by atoms with E-state index in [1.54, 1.807) is 0 Å². The van der Waals surface area contributed by atoms with Crippen LogP contribution < -0.4 is 5.73 Å². The molecule has 46 heavy (non-hydrogen) atoms. The Bertz CT molecular complexity index is 2030. The van der Waals surface area contributed by atoms with Gasteiger partial charge in [0.2, 0.25) is 0 Å². The van der Waals surface area contributed by atoms with Crippen LogP contribution in [-0.4, -0.2) is 0 Å². The van der Waals surface area contributed by atoms with Crippen molar-refractivity contribution in [3.63, 3.8) is 0 Å². The number of hydrogen-bond acceptors (Lipinski definition) is 1. The molecule has 0 aromatic heterocycles. The number of allylic oxidation sites excluding steroid dienone is 1. The highest BCUT2D eigenvalue weighted by molar-refractivity contribution is 5.81. The lowest BCUT2D eigenvalue weighted by Gasteiger charge is -2.28. The van der Waals surface area contributed by atoms with Gasteiger partial charge in [-0.15, -0.1) is 0 Å². The van der Waals surface area contributed by atoms with Crippen LogP contribution in [0.4, 0.5) is 5.69 Å². The van der Waals surface area contributed by atoms with Crippen molar-refractivity contribution in [2.24, 2.45) is 0 Å². The number of fused-ring (bicyclic) bond motifs is 3. The molecule has 226 valence electrons. The number of anilines is 1. The number of nitrogens with two attached hydrogens (primary N) is 1. The lowest BCUT2D eigenvalue weighted by Crippen LogP contribution is -2.20. The fourth-order valence-electron chi connectivity index (χ4n) is 7.27. The summed E-state index contributed by atoms with van der Waals surface area (Å²) < 4.78 is 0. The Morgan fingerprint density at radius 3 is 1.96 bits per heavy atom. The maximum atomic E-state index is 6.54. The van der Waals surface area contributed by atoms with Crippen molar-refractivity contribution in [3.8, 4) is 22.3 Å². The number of rotatable bonds is 7. The second-order valence-corrected chi connectivity index (χ2v) is 13.6. The summed E-state index contributed by atoms with van der Waals surface area (Å²) in [4.78, 5) is 0. The van der Waals surface area contributed by atoms with Gasteiger partial charge in [0.15, 0.2) is 0 Å². The fourth-order valence-corrected chi connectivity index (χ4v) is 7.27. The summed E-state index contributed by atoms with van der Waals surface area (Å²) in [6.07, 6.45) is 4.62. The van der Waals surface area contributed by atoms with Gasteiger partial charge in [-0.2, -0.15) is 0 Å². The Kier molecular flexibility index (Phi) is 7.49. The zero-order valence-electron chi connectivity index (χ0n) is 27.2. The highest BCUT2D eigenvalue weighted by Crippen LogP contribution is 2.49. The van der Waals surface area contributed by atoms with Crippen molar-refractivity contribution in [2.45, 2.75) is 44.4 Å². The van der Waals surface area contributed by atoms with Gasteiger partial charge < -0.3 is 5.73 Å². The van der Waals surface area contributed by atoms with Crippen molar-refractivity contribution in [1.82, 2.24) is 0 Å². The van der Waals surface area contributed by atoms with Gasteiger partial charge in [-0.3, -0.25) is 0 Å². The molecule has 1 aliphatic rings. The van der Waals surface area contributed by atoms with E-state index in [1.165, 1.54) is 55.6 Å². The summed E-state index contributed by atoms with van der Waals surface area (Å²) in [5, 5.41) is 0. The third-order valence-corrected chi connectivity index (χ3v) is 10.1. The maximum absolute atomic E-state index is 6.54. The van der Waals surface area contributed by atoms with Crippen LogP contribution in [0.3, 0.4) is 0 Å². The summed E-state index contributed by atoms with van der Waals surface area (Å²) in [7, 11) is 0. The standard InChI is InChI=1S/C45H41N/c1-44(2,36-15-9-6-10-16-36)42-29-34(25-28-43(42)46)32-22-19-31(20-23-32)21-26-37(33-13-7-5-8-14-33)35-24-27-39-38-17-11-12-18-40(38)45(3,4)41(39)30-35/h5-30,37H,46H2,1-4H3/b26-21+. The maximum Gasteiger partial charge on any atom is 0.0355 e. The quantitative estimate of drug-likeness (QED) is 0.183. The van der Waals surface area contributed by atoms with Crippen LogP contribution >= 0.6 is 0 Å². The van der Waals surface area contributed by atoms with Gasteiger partial charge in [0.25, 0.3) is 0 Å². The van der Waals surface area contributed by atoms with E-state index in [0.717, 1.165) is 11.3 Å². The summed E-state index contributed by atoms with van der Waals surface area (Å²) >= 11 is 0. The largest absolute Gasteiger partial charge is 0.398 e. The Morgan fingerprint density at radius 2 is 1.22 bits per heavy atom. The Morgan fingerprint density at radius 1 is 0.587 bits per heavy atom. The highest BCUT2D eigenvalue weighted by atomic mass is 14.6. The molecule has 0 bridgehead atoms. The van der Waals surface area contributed by atoms with Crippen LogP contribution in [0.1, 0.15) is 72.6 Å². The van der Waals surface area contributed by atoms with E-state index >= 15 is 0 Å². The molecular formula is C45H41N. The van der Waals surface area contributed by atoms with Gasteiger partial charge in [-0.05, 0) is 73.3 Å². The number of nitrogen functional groups attached to an aromatic ring is 1. The molecule has 0 amide bonds. The van der Waals surface area contributed by atoms with Gasteiger partial charge in [0.1, 0.15) is 0 Å². The molecule has 0 saturated carbocycles. The lowest BCUT2D eigenvalue weighted by molar-refractivity contribution is 0.643. The minimum Gasteiger partial charge on any atom is -0.398 e. The molecular weight excluding hydrogens is 555 g/mol. The smallest absolute Gasteiger partial charge is 0.0355 e. The molecule has 0 aliphatic heterocycles. The highest BCUT2D eigenvalue weighted by Gasteiger charge is 2.35. The van der Waals surface area contributed by atoms with Crippen molar-refractivity contribution in [1.29, 1.82) is 0 Å². The first-order chi connectivity index (χ1) is 22.2. The molecule has 6 aromatic rings. The zero-order chi connectivity index (χ0) is 31.9. The van der Waals surface area contributed by atoms with E-state index in [9.17, 15) is 0 Å². The minimum atomic E-state index is -0.202. The molecule has 0 spiro atoms. The van der Waals surface area contributed by atoms with Crippen molar-refractivity contribution < 1.29 is 0 Å². The van der Waals surface area contributed by atoms with Gasteiger partial charge in [-0.1, -0.05) is 173 Å². The molecule has 1 atom stereocenters. The van der Waals surface area contributed by atoms with E-state index < -0.39 is 0 Å². The third kappa shape index (κ3) is 5.26. The molecule has 2 N–H and O–H groups in total. The Labute approximate surface area is 274 Å². The van der Waals surface area contributed by atoms with Crippen LogP contribution in [0.15, 0.2) is 152 Å². The first kappa shape index (κ1) is 29.6. The molecule has 0 radical (unpaired) electrons. The topological polar surface area (TPSA) is 26.0 Å². The van der Waals surface area contributed by atoms with E-state index in [1.807, 2.05) is 6.07 Å². The van der Waals surface area contributed by atoms with Gasteiger partial charge >= 0.3 is 0 Å². The SMILES string of the molecule is CC(C)(c1ccccc1)c1cc(-c2ccc(/C=C/C(c3ccccc3)c3ccc4c(c3)C(C)(C)c3ccccc3-4)cc2)ccc1N. The van der Waals surface area contributed by atoms with E-state index in [-0.39, 0.29) is 16.7 Å². The van der Waals surface area contributed by atoms with Crippen LogP contribution in [0.25, 0.3) is 28.3 Å². The van der Waals surface area contributed by atoms with Crippen molar-refractivity contribution in [3.05, 3.63) is 191 Å². The fraction of sp³-hybridized carbons (Fsp3) is 0.156. The average Bonchev–Trinajstić information content (AvgIpc) is 3.32. The average molecular weight is 596 g/mol. The number of benzene rings is 6. The van der Waals surface area contributed by atoms with Gasteiger partial charge in [0.05, 0.1) is 0 Å². The Balaban J connectivity index is 1.19. The molecule has 1 aliphatic carbocycles. The third-order valence-electron chi connectivity index (χ3n) is 10.1. The molecule has 1 nitrogen and oxygen atoms in total. The van der Waals surface area contributed by atoms with Crippen molar-refractivity contribution in [2.75, 3.05) is 5.73 Å². The lowest BCUT2D eigenvalue weighted by atomic mass is 9.76. The predicted octanol–water partition coefficient (Wildman–Crippen LogP) is 11.4. The van der Waals surface area contributed by atoms with Crippen molar-refractivity contribution >= 4 is 11.8 Å². The molecule has 1 heteroatoms. The Hall–Kier alpha value is -5.14. The molecule has 0 fully saturated rings. The number of hydrogen-bond donors (Lipinski definition) is 1. The van der Waals surface area contributed by atoms with Gasteiger partial charge in [0, 0.05) is 22.4 Å². The van der Waals surface area contributed by atoms with Crippen LogP contribution in [-0.2, 0) is 10.8 Å². The summed E-state index contributed by atoms with van der Waals surface area (Å²) in [6, 6.07) is 52.7.